The third kappa shape index (κ3) is 2.15. The molecule has 0 bridgehead atoms. The minimum atomic E-state index is -0.0381. The van der Waals surface area contributed by atoms with E-state index < -0.39 is 0 Å². The van der Waals surface area contributed by atoms with Crippen LogP contribution in [0.4, 0.5) is 4.79 Å². The molecule has 1 aliphatic heterocycles. The number of likely N-dealkylation sites (tertiary alicyclic amines) is 1. The van der Waals surface area contributed by atoms with E-state index in [1.807, 2.05) is 0 Å². The maximum Gasteiger partial charge on any atom is 0.318 e. The number of nitrogens with one attached hydrogen (secondary N) is 1. The fourth-order valence-electron chi connectivity index (χ4n) is 1.48. The van der Waals surface area contributed by atoms with E-state index >= 15 is 0 Å². The zero-order valence-electron chi connectivity index (χ0n) is 8.26. The monoisotopic (exact) mass is 180 g/mol. The van der Waals surface area contributed by atoms with Crippen LogP contribution in [0.1, 0.15) is 20.3 Å². The van der Waals surface area contributed by atoms with Gasteiger partial charge in [-0.2, -0.15) is 0 Å². The second-order valence-electron chi connectivity index (χ2n) is 3.88. The standard InChI is InChI=1S/C10H16N2O/c1-4-6-11-9(13)12-7-10(3,5-2)8-12/h1H,5-8H2,2-3H3,(H,11,13). The summed E-state index contributed by atoms with van der Waals surface area (Å²) in [5.41, 5.74) is 0.327. The molecular formula is C10H16N2O. The third-order valence-corrected chi connectivity index (χ3v) is 2.63. The summed E-state index contributed by atoms with van der Waals surface area (Å²) < 4.78 is 0. The highest BCUT2D eigenvalue weighted by Gasteiger charge is 2.39. The molecule has 0 aromatic heterocycles. The van der Waals surface area contributed by atoms with Gasteiger partial charge in [0.2, 0.25) is 0 Å². The van der Waals surface area contributed by atoms with E-state index in [0.29, 0.717) is 12.0 Å². The van der Waals surface area contributed by atoms with E-state index in [0.717, 1.165) is 19.5 Å². The van der Waals surface area contributed by atoms with Crippen molar-refractivity contribution in [1.29, 1.82) is 0 Å². The van der Waals surface area contributed by atoms with Gasteiger partial charge in [-0.15, -0.1) is 6.42 Å². The van der Waals surface area contributed by atoms with Crippen molar-refractivity contribution in [2.75, 3.05) is 19.6 Å². The Balaban J connectivity index is 2.27. The number of carbonyl (C=O) groups excluding carboxylic acids is 1. The first-order chi connectivity index (χ1) is 6.11. The molecule has 0 aromatic rings. The first-order valence-corrected chi connectivity index (χ1v) is 4.57. The fourth-order valence-corrected chi connectivity index (χ4v) is 1.48. The number of hydrogen-bond acceptors (Lipinski definition) is 1. The number of hydrogen-bond donors (Lipinski definition) is 1. The molecule has 1 saturated heterocycles. The van der Waals surface area contributed by atoms with Gasteiger partial charge in [0.05, 0.1) is 6.54 Å². The molecule has 0 unspecified atom stereocenters. The van der Waals surface area contributed by atoms with Crippen molar-refractivity contribution in [3.8, 4) is 12.3 Å². The summed E-state index contributed by atoms with van der Waals surface area (Å²) >= 11 is 0. The number of urea groups is 1. The minimum absolute atomic E-state index is 0.0381. The van der Waals surface area contributed by atoms with Crippen LogP contribution in [0.5, 0.6) is 0 Å². The zero-order chi connectivity index (χ0) is 9.90. The molecule has 72 valence electrons. The van der Waals surface area contributed by atoms with Gasteiger partial charge in [-0.05, 0) is 6.42 Å². The van der Waals surface area contributed by atoms with Crippen LogP contribution < -0.4 is 5.32 Å². The topological polar surface area (TPSA) is 32.3 Å². The summed E-state index contributed by atoms with van der Waals surface area (Å²) in [5.74, 6) is 2.38. The quantitative estimate of drug-likeness (QED) is 0.633. The molecule has 0 atom stereocenters. The molecule has 3 nitrogen and oxygen atoms in total. The van der Waals surface area contributed by atoms with Gasteiger partial charge < -0.3 is 10.2 Å². The van der Waals surface area contributed by atoms with Crippen LogP contribution in [0.3, 0.4) is 0 Å². The lowest BCUT2D eigenvalue weighted by Gasteiger charge is -2.47. The number of amides is 2. The van der Waals surface area contributed by atoms with E-state index in [-0.39, 0.29) is 6.03 Å². The van der Waals surface area contributed by atoms with Gasteiger partial charge in [0.1, 0.15) is 0 Å². The van der Waals surface area contributed by atoms with Gasteiger partial charge >= 0.3 is 6.03 Å². The van der Waals surface area contributed by atoms with E-state index in [1.165, 1.54) is 0 Å². The van der Waals surface area contributed by atoms with Gasteiger partial charge in [0.25, 0.3) is 0 Å². The Kier molecular flexibility index (Phi) is 2.82. The molecule has 0 radical (unpaired) electrons. The smallest absolute Gasteiger partial charge is 0.318 e. The molecule has 1 heterocycles. The Hall–Kier alpha value is -1.17. The Morgan fingerprint density at radius 2 is 2.31 bits per heavy atom. The van der Waals surface area contributed by atoms with Crippen molar-refractivity contribution in [3.05, 3.63) is 0 Å². The van der Waals surface area contributed by atoms with Gasteiger partial charge in [-0.3, -0.25) is 0 Å². The molecular weight excluding hydrogens is 164 g/mol. The number of rotatable bonds is 2. The molecule has 1 N–H and O–H groups in total. The van der Waals surface area contributed by atoms with Crippen molar-refractivity contribution < 1.29 is 4.79 Å². The predicted molar refractivity (Wildman–Crippen MR) is 52.2 cm³/mol. The largest absolute Gasteiger partial charge is 0.327 e. The van der Waals surface area contributed by atoms with Gasteiger partial charge in [-0.1, -0.05) is 19.8 Å². The first-order valence-electron chi connectivity index (χ1n) is 4.57. The summed E-state index contributed by atoms with van der Waals surface area (Å²) in [6.45, 7) is 6.35. The van der Waals surface area contributed by atoms with Crippen molar-refractivity contribution >= 4 is 6.03 Å². The second kappa shape index (κ2) is 3.69. The van der Waals surface area contributed by atoms with Crippen molar-refractivity contribution in [2.45, 2.75) is 20.3 Å². The molecule has 0 saturated carbocycles. The molecule has 1 fully saturated rings. The van der Waals surface area contributed by atoms with Crippen molar-refractivity contribution in [1.82, 2.24) is 10.2 Å². The highest BCUT2D eigenvalue weighted by Crippen LogP contribution is 2.32. The lowest BCUT2D eigenvalue weighted by molar-refractivity contribution is 0.0441. The Morgan fingerprint density at radius 1 is 1.69 bits per heavy atom. The average Bonchev–Trinajstić information content (AvgIpc) is 2.09. The fraction of sp³-hybridized carbons (Fsp3) is 0.700. The predicted octanol–water partition coefficient (Wildman–Crippen LogP) is 1.06. The van der Waals surface area contributed by atoms with Crippen LogP contribution in [0.25, 0.3) is 0 Å². The summed E-state index contributed by atoms with van der Waals surface area (Å²) in [4.78, 5) is 13.1. The highest BCUT2D eigenvalue weighted by molar-refractivity contribution is 5.75. The first kappa shape index (κ1) is 9.91. The average molecular weight is 180 g/mol. The van der Waals surface area contributed by atoms with E-state index in [4.69, 9.17) is 6.42 Å². The lowest BCUT2D eigenvalue weighted by atomic mass is 9.80. The molecule has 1 aliphatic rings. The van der Waals surface area contributed by atoms with Crippen LogP contribution in [0.2, 0.25) is 0 Å². The van der Waals surface area contributed by atoms with Gasteiger partial charge in [0, 0.05) is 18.5 Å². The number of terminal acetylenes is 1. The van der Waals surface area contributed by atoms with Crippen LogP contribution in [0.15, 0.2) is 0 Å². The van der Waals surface area contributed by atoms with Crippen molar-refractivity contribution in [2.24, 2.45) is 5.41 Å². The normalized spacial score (nSPS) is 18.7. The molecule has 0 aliphatic carbocycles. The van der Waals surface area contributed by atoms with Gasteiger partial charge in [-0.25, -0.2) is 4.79 Å². The Morgan fingerprint density at radius 3 is 2.77 bits per heavy atom. The van der Waals surface area contributed by atoms with Gasteiger partial charge in [0.15, 0.2) is 0 Å². The van der Waals surface area contributed by atoms with Crippen LogP contribution >= 0.6 is 0 Å². The van der Waals surface area contributed by atoms with Crippen LogP contribution in [-0.4, -0.2) is 30.6 Å². The second-order valence-corrected chi connectivity index (χ2v) is 3.88. The third-order valence-electron chi connectivity index (χ3n) is 2.63. The van der Waals surface area contributed by atoms with E-state index in [9.17, 15) is 4.79 Å². The molecule has 3 heteroatoms. The number of carbonyl (C=O) groups is 1. The Bertz CT molecular complexity index is 236. The van der Waals surface area contributed by atoms with Crippen molar-refractivity contribution in [3.63, 3.8) is 0 Å². The van der Waals surface area contributed by atoms with E-state index in [1.54, 1.807) is 4.90 Å². The molecule has 1 rings (SSSR count). The number of nitrogens with zero attached hydrogens (tertiary/aromatic N) is 1. The lowest BCUT2D eigenvalue weighted by Crippen LogP contribution is -2.59. The summed E-state index contributed by atoms with van der Waals surface area (Å²) in [5, 5.41) is 2.65. The maximum atomic E-state index is 11.3. The van der Waals surface area contributed by atoms with Crippen LogP contribution in [-0.2, 0) is 0 Å². The van der Waals surface area contributed by atoms with E-state index in [2.05, 4.69) is 25.1 Å². The molecule has 2 amide bonds. The summed E-state index contributed by atoms with van der Waals surface area (Å²) in [6, 6.07) is -0.0381. The molecule has 13 heavy (non-hydrogen) atoms. The summed E-state index contributed by atoms with van der Waals surface area (Å²) in [6.07, 6.45) is 6.15. The SMILES string of the molecule is C#CCNC(=O)N1CC(C)(CC)C1. The maximum absolute atomic E-state index is 11.3. The van der Waals surface area contributed by atoms with Crippen LogP contribution in [0, 0.1) is 17.8 Å². The zero-order valence-corrected chi connectivity index (χ0v) is 8.26. The Labute approximate surface area is 79.5 Å². The minimum Gasteiger partial charge on any atom is -0.327 e. The summed E-state index contributed by atoms with van der Waals surface area (Å²) in [7, 11) is 0. The highest BCUT2D eigenvalue weighted by atomic mass is 16.2. The molecule has 0 spiro atoms. The molecule has 0 aromatic carbocycles.